The lowest BCUT2D eigenvalue weighted by Crippen LogP contribution is -2.46. The quantitative estimate of drug-likeness (QED) is 0.801. The largest absolute Gasteiger partial charge is 0.349 e. The van der Waals surface area contributed by atoms with E-state index in [2.05, 4.69) is 26.1 Å². The van der Waals surface area contributed by atoms with Gasteiger partial charge >= 0.3 is 0 Å². The Morgan fingerprint density at radius 3 is 2.38 bits per heavy atom. The molecule has 1 amide bonds. The molecule has 1 aromatic rings. The van der Waals surface area contributed by atoms with Crippen molar-refractivity contribution in [2.75, 3.05) is 0 Å². The Balaban J connectivity index is 2.05. The summed E-state index contributed by atoms with van der Waals surface area (Å²) in [5.41, 5.74) is 2.00. The van der Waals surface area contributed by atoms with Gasteiger partial charge in [-0.2, -0.15) is 0 Å². The fourth-order valence-electron chi connectivity index (χ4n) is 3.34. The Morgan fingerprint density at radius 2 is 1.81 bits per heavy atom. The number of hydrogen-bond donors (Lipinski definition) is 1. The summed E-state index contributed by atoms with van der Waals surface area (Å²) < 4.78 is 0. The van der Waals surface area contributed by atoms with Crippen LogP contribution in [-0.4, -0.2) is 11.9 Å². The van der Waals surface area contributed by atoms with Crippen molar-refractivity contribution in [3.05, 3.63) is 35.4 Å². The fraction of sp³-hybridized carbons (Fsp3) is 0.611. The van der Waals surface area contributed by atoms with E-state index in [1.165, 1.54) is 19.3 Å². The maximum atomic E-state index is 12.4. The molecule has 1 saturated carbocycles. The summed E-state index contributed by atoms with van der Waals surface area (Å²) in [6.45, 7) is 6.83. The molecule has 0 saturated heterocycles. The van der Waals surface area contributed by atoms with Crippen molar-refractivity contribution in [2.24, 2.45) is 11.3 Å². The van der Waals surface area contributed by atoms with Gasteiger partial charge in [0.25, 0.3) is 5.91 Å². The van der Waals surface area contributed by atoms with Crippen LogP contribution in [0.5, 0.6) is 0 Å². The lowest BCUT2D eigenvalue weighted by molar-refractivity contribution is 0.0830. The number of halogens is 1. The normalized spacial score (nSPS) is 22.9. The van der Waals surface area contributed by atoms with E-state index in [1.807, 2.05) is 24.3 Å². The molecule has 2 rings (SSSR count). The van der Waals surface area contributed by atoms with E-state index in [1.54, 1.807) is 0 Å². The van der Waals surface area contributed by atoms with E-state index in [4.69, 9.17) is 11.6 Å². The molecule has 0 aliphatic heterocycles. The van der Waals surface area contributed by atoms with Gasteiger partial charge in [0.05, 0.1) is 0 Å². The van der Waals surface area contributed by atoms with Crippen LogP contribution in [0.1, 0.15) is 62.4 Å². The average Bonchev–Trinajstić information content (AvgIpc) is 2.47. The highest BCUT2D eigenvalue weighted by Crippen LogP contribution is 2.38. The van der Waals surface area contributed by atoms with Gasteiger partial charge in [0, 0.05) is 17.5 Å². The molecule has 1 aliphatic carbocycles. The molecule has 1 aromatic carbocycles. The highest BCUT2D eigenvalue weighted by atomic mass is 35.5. The lowest BCUT2D eigenvalue weighted by Gasteiger charge is -2.40. The van der Waals surface area contributed by atoms with Gasteiger partial charge in [-0.05, 0) is 41.9 Å². The van der Waals surface area contributed by atoms with Crippen LogP contribution < -0.4 is 5.32 Å². The molecule has 1 N–H and O–H groups in total. The Hall–Kier alpha value is -1.02. The van der Waals surface area contributed by atoms with Gasteiger partial charge < -0.3 is 5.32 Å². The van der Waals surface area contributed by atoms with Crippen molar-refractivity contribution < 1.29 is 4.79 Å². The van der Waals surface area contributed by atoms with Gasteiger partial charge in [-0.25, -0.2) is 0 Å². The molecule has 1 fully saturated rings. The first kappa shape index (κ1) is 16.4. The molecular weight excluding hydrogens is 282 g/mol. The summed E-state index contributed by atoms with van der Waals surface area (Å²) in [7, 11) is 0. The smallest absolute Gasteiger partial charge is 0.251 e. The summed E-state index contributed by atoms with van der Waals surface area (Å²) in [6, 6.07) is 7.86. The van der Waals surface area contributed by atoms with E-state index < -0.39 is 0 Å². The van der Waals surface area contributed by atoms with Crippen molar-refractivity contribution in [3.63, 3.8) is 0 Å². The van der Waals surface area contributed by atoms with Crippen LogP contribution in [0.25, 0.3) is 0 Å². The minimum Gasteiger partial charge on any atom is -0.349 e. The third-order valence-electron chi connectivity index (χ3n) is 4.57. The first-order valence-electron chi connectivity index (χ1n) is 7.87. The van der Waals surface area contributed by atoms with Crippen LogP contribution in [0.3, 0.4) is 0 Å². The lowest BCUT2D eigenvalue weighted by atomic mass is 9.69. The van der Waals surface area contributed by atoms with E-state index in [-0.39, 0.29) is 11.3 Å². The van der Waals surface area contributed by atoms with Crippen LogP contribution in [-0.2, 0) is 5.88 Å². The molecular formula is C18H26ClNO. The molecule has 0 bridgehead atoms. The van der Waals surface area contributed by atoms with E-state index >= 15 is 0 Å². The van der Waals surface area contributed by atoms with Gasteiger partial charge in [-0.3, -0.25) is 4.79 Å². The van der Waals surface area contributed by atoms with Crippen molar-refractivity contribution in [2.45, 2.75) is 58.4 Å². The second kappa shape index (κ2) is 6.83. The highest BCUT2D eigenvalue weighted by molar-refractivity contribution is 6.17. The predicted octanol–water partition coefficient (Wildman–Crippen LogP) is 4.76. The summed E-state index contributed by atoms with van der Waals surface area (Å²) in [6.07, 6.45) is 4.79. The maximum Gasteiger partial charge on any atom is 0.251 e. The Morgan fingerprint density at radius 1 is 1.19 bits per heavy atom. The average molecular weight is 308 g/mol. The molecule has 1 aliphatic rings. The van der Waals surface area contributed by atoms with Gasteiger partial charge in [0.2, 0.25) is 0 Å². The van der Waals surface area contributed by atoms with Crippen LogP contribution in [0.4, 0.5) is 0 Å². The molecule has 0 radical (unpaired) electrons. The predicted molar refractivity (Wildman–Crippen MR) is 88.7 cm³/mol. The molecule has 3 heteroatoms. The second-order valence-corrected chi connectivity index (χ2v) is 7.43. The molecule has 116 valence electrons. The van der Waals surface area contributed by atoms with E-state index in [0.717, 1.165) is 17.5 Å². The molecule has 2 atom stereocenters. The maximum absolute atomic E-state index is 12.4. The number of alkyl halides is 1. The van der Waals surface area contributed by atoms with E-state index in [9.17, 15) is 4.79 Å². The van der Waals surface area contributed by atoms with Crippen LogP contribution in [0.2, 0.25) is 0 Å². The monoisotopic (exact) mass is 307 g/mol. The molecule has 2 nitrogen and oxygen atoms in total. The minimum atomic E-state index is 0.0391. The van der Waals surface area contributed by atoms with Gasteiger partial charge in [0.15, 0.2) is 0 Å². The van der Waals surface area contributed by atoms with Gasteiger partial charge in [-0.15, -0.1) is 11.6 Å². The third kappa shape index (κ3) is 4.23. The molecule has 0 heterocycles. The number of hydrogen-bond acceptors (Lipinski definition) is 1. The zero-order chi connectivity index (χ0) is 15.5. The third-order valence-corrected chi connectivity index (χ3v) is 4.87. The van der Waals surface area contributed by atoms with E-state index in [0.29, 0.717) is 17.8 Å². The molecule has 0 aromatic heterocycles. The number of amides is 1. The summed E-state index contributed by atoms with van der Waals surface area (Å²) >= 11 is 5.78. The molecule has 2 unspecified atom stereocenters. The number of rotatable bonds is 3. The summed E-state index contributed by atoms with van der Waals surface area (Å²) in [4.78, 5) is 12.4. The number of carbonyl (C=O) groups excluding carboxylic acids is 1. The minimum absolute atomic E-state index is 0.0391. The van der Waals surface area contributed by atoms with Gasteiger partial charge in [0.1, 0.15) is 0 Å². The van der Waals surface area contributed by atoms with Crippen molar-refractivity contribution in [1.82, 2.24) is 5.32 Å². The zero-order valence-electron chi connectivity index (χ0n) is 13.3. The standard InChI is InChI=1S/C18H26ClNO/c1-18(2,3)15-6-4-5-7-16(15)20-17(21)14-10-8-13(12-19)9-11-14/h8-11,15-16H,4-7,12H2,1-3H3,(H,20,21). The first-order valence-corrected chi connectivity index (χ1v) is 8.41. The van der Waals surface area contributed by atoms with Crippen LogP contribution in [0, 0.1) is 11.3 Å². The first-order chi connectivity index (χ1) is 9.91. The van der Waals surface area contributed by atoms with Crippen LogP contribution in [0.15, 0.2) is 24.3 Å². The molecule has 0 spiro atoms. The highest BCUT2D eigenvalue weighted by Gasteiger charge is 2.34. The zero-order valence-corrected chi connectivity index (χ0v) is 14.0. The number of benzene rings is 1. The topological polar surface area (TPSA) is 29.1 Å². The summed E-state index contributed by atoms with van der Waals surface area (Å²) in [5, 5.41) is 3.26. The molecule has 21 heavy (non-hydrogen) atoms. The number of carbonyl (C=O) groups is 1. The van der Waals surface area contributed by atoms with Crippen molar-refractivity contribution in [3.8, 4) is 0 Å². The SMILES string of the molecule is CC(C)(C)C1CCCCC1NC(=O)c1ccc(CCl)cc1. The van der Waals surface area contributed by atoms with Gasteiger partial charge in [-0.1, -0.05) is 45.7 Å². The second-order valence-electron chi connectivity index (χ2n) is 7.17. The van der Waals surface area contributed by atoms with Crippen LogP contribution >= 0.6 is 11.6 Å². The Kier molecular flexibility index (Phi) is 5.32. The fourth-order valence-corrected chi connectivity index (χ4v) is 3.52. The summed E-state index contributed by atoms with van der Waals surface area (Å²) in [5.74, 6) is 1.07. The Labute approximate surface area is 133 Å². The van der Waals surface area contributed by atoms with Crippen molar-refractivity contribution >= 4 is 17.5 Å². The van der Waals surface area contributed by atoms with Crippen molar-refractivity contribution in [1.29, 1.82) is 0 Å². The number of nitrogens with one attached hydrogen (secondary N) is 1. The Bertz CT molecular complexity index is 475.